The molecule has 1 saturated heterocycles. The molecule has 1 aliphatic rings. The minimum absolute atomic E-state index is 0.118. The summed E-state index contributed by atoms with van der Waals surface area (Å²) in [6, 6.07) is 19.8. The van der Waals surface area contributed by atoms with E-state index in [4.69, 9.17) is 4.74 Å². The topological polar surface area (TPSA) is 70.6 Å². The van der Waals surface area contributed by atoms with E-state index in [0.29, 0.717) is 23.2 Å². The van der Waals surface area contributed by atoms with Crippen molar-refractivity contribution in [1.82, 2.24) is 9.97 Å². The number of benzene rings is 2. The van der Waals surface area contributed by atoms with Crippen molar-refractivity contribution >= 4 is 34.9 Å². The Morgan fingerprint density at radius 1 is 1.00 bits per heavy atom. The van der Waals surface area contributed by atoms with E-state index < -0.39 is 0 Å². The van der Waals surface area contributed by atoms with Gasteiger partial charge in [-0.1, -0.05) is 42.1 Å². The zero-order chi connectivity index (χ0) is 22.2. The average Bonchev–Trinajstić information content (AvgIpc) is 2.85. The van der Waals surface area contributed by atoms with Crippen LogP contribution in [0, 0.1) is 0 Å². The second kappa shape index (κ2) is 10.9. The van der Waals surface area contributed by atoms with Gasteiger partial charge in [0, 0.05) is 38.1 Å². The fourth-order valence-corrected chi connectivity index (χ4v) is 4.20. The van der Waals surface area contributed by atoms with Gasteiger partial charge >= 0.3 is 0 Å². The fraction of sp³-hybridized carbons (Fsp3) is 0.292. The molecule has 166 valence electrons. The number of piperazine rings is 1. The van der Waals surface area contributed by atoms with Crippen LogP contribution in [-0.2, 0) is 4.79 Å². The van der Waals surface area contributed by atoms with Crippen LogP contribution in [-0.4, -0.2) is 54.4 Å². The maximum Gasteiger partial charge on any atom is 0.234 e. The molecular formula is C24H27N5O2S. The lowest BCUT2D eigenvalue weighted by molar-refractivity contribution is -0.113. The Bertz CT molecular complexity index is 1030. The van der Waals surface area contributed by atoms with E-state index in [-0.39, 0.29) is 11.7 Å². The Morgan fingerprint density at radius 2 is 1.72 bits per heavy atom. The van der Waals surface area contributed by atoms with Crippen molar-refractivity contribution in [2.45, 2.75) is 12.1 Å². The molecule has 0 unspecified atom stereocenters. The van der Waals surface area contributed by atoms with Crippen LogP contribution in [0.2, 0.25) is 0 Å². The van der Waals surface area contributed by atoms with Crippen molar-refractivity contribution in [2.24, 2.45) is 0 Å². The van der Waals surface area contributed by atoms with Crippen molar-refractivity contribution in [3.05, 3.63) is 66.9 Å². The summed E-state index contributed by atoms with van der Waals surface area (Å²) in [6.07, 6.45) is 1.76. The fourth-order valence-electron chi connectivity index (χ4n) is 3.58. The molecule has 0 atom stereocenters. The molecule has 7 nitrogen and oxygen atoms in total. The Morgan fingerprint density at radius 3 is 2.50 bits per heavy atom. The molecule has 4 rings (SSSR count). The van der Waals surface area contributed by atoms with Crippen LogP contribution in [0.1, 0.15) is 6.92 Å². The lowest BCUT2D eigenvalue weighted by Crippen LogP contribution is -2.46. The zero-order valence-corrected chi connectivity index (χ0v) is 18.9. The van der Waals surface area contributed by atoms with Crippen LogP contribution >= 0.6 is 11.8 Å². The Kier molecular flexibility index (Phi) is 7.45. The van der Waals surface area contributed by atoms with E-state index in [0.717, 1.165) is 32.0 Å². The number of rotatable bonds is 8. The minimum Gasteiger partial charge on any atom is -0.492 e. The van der Waals surface area contributed by atoms with E-state index in [1.165, 1.54) is 17.4 Å². The van der Waals surface area contributed by atoms with Crippen LogP contribution in [0.25, 0.3) is 0 Å². The smallest absolute Gasteiger partial charge is 0.234 e. The van der Waals surface area contributed by atoms with Crippen LogP contribution < -0.4 is 19.9 Å². The molecule has 1 N–H and O–H groups in total. The van der Waals surface area contributed by atoms with Gasteiger partial charge < -0.3 is 19.9 Å². The quantitative estimate of drug-likeness (QED) is 0.413. The van der Waals surface area contributed by atoms with E-state index in [9.17, 15) is 4.79 Å². The van der Waals surface area contributed by atoms with Crippen molar-refractivity contribution in [1.29, 1.82) is 0 Å². The molecule has 32 heavy (non-hydrogen) atoms. The van der Waals surface area contributed by atoms with E-state index in [1.807, 2.05) is 43.3 Å². The molecule has 0 radical (unpaired) electrons. The first-order chi connectivity index (χ1) is 15.7. The highest BCUT2D eigenvalue weighted by molar-refractivity contribution is 7.99. The van der Waals surface area contributed by atoms with Crippen LogP contribution in [0.5, 0.6) is 5.75 Å². The highest BCUT2D eigenvalue weighted by atomic mass is 32.2. The lowest BCUT2D eigenvalue weighted by atomic mass is 10.2. The molecule has 0 spiro atoms. The van der Waals surface area contributed by atoms with Gasteiger partial charge in [-0.2, -0.15) is 0 Å². The van der Waals surface area contributed by atoms with Gasteiger partial charge in [0.05, 0.1) is 18.0 Å². The van der Waals surface area contributed by atoms with Crippen molar-refractivity contribution in [2.75, 3.05) is 53.7 Å². The summed E-state index contributed by atoms with van der Waals surface area (Å²) >= 11 is 1.33. The number of nitrogens with one attached hydrogen (secondary N) is 1. The largest absolute Gasteiger partial charge is 0.492 e. The average molecular weight is 450 g/mol. The second-order valence-electron chi connectivity index (χ2n) is 7.27. The molecule has 1 fully saturated rings. The number of anilines is 3. The maximum atomic E-state index is 12.4. The van der Waals surface area contributed by atoms with Gasteiger partial charge in [-0.3, -0.25) is 4.79 Å². The summed E-state index contributed by atoms with van der Waals surface area (Å²) in [5.41, 5.74) is 1.92. The molecule has 0 saturated carbocycles. The zero-order valence-electron chi connectivity index (χ0n) is 18.1. The summed E-state index contributed by atoms with van der Waals surface area (Å²) in [5, 5.41) is 3.51. The number of carbonyl (C=O) groups is 1. The van der Waals surface area contributed by atoms with Crippen LogP contribution in [0.4, 0.5) is 17.2 Å². The summed E-state index contributed by atoms with van der Waals surface area (Å²) in [7, 11) is 0. The number of thioether (sulfide) groups is 1. The molecule has 0 bridgehead atoms. The van der Waals surface area contributed by atoms with Gasteiger partial charge in [0.25, 0.3) is 0 Å². The Balaban J connectivity index is 1.30. The third kappa shape index (κ3) is 5.70. The molecule has 1 aromatic heterocycles. The van der Waals surface area contributed by atoms with Gasteiger partial charge in [0.1, 0.15) is 11.6 Å². The molecule has 2 aromatic carbocycles. The Labute approximate surface area is 192 Å². The van der Waals surface area contributed by atoms with Gasteiger partial charge in [-0.25, -0.2) is 9.97 Å². The number of hydrogen-bond acceptors (Lipinski definition) is 7. The van der Waals surface area contributed by atoms with Crippen LogP contribution in [0.15, 0.2) is 72.0 Å². The van der Waals surface area contributed by atoms with Gasteiger partial charge in [-0.05, 0) is 37.3 Å². The molecule has 1 amide bonds. The first-order valence-corrected chi connectivity index (χ1v) is 11.7. The van der Waals surface area contributed by atoms with E-state index in [2.05, 4.69) is 49.4 Å². The first kappa shape index (κ1) is 22.0. The number of nitrogens with zero attached hydrogens (tertiary/aromatic N) is 4. The summed E-state index contributed by atoms with van der Waals surface area (Å²) in [5.74, 6) is 1.68. The first-order valence-electron chi connectivity index (χ1n) is 10.8. The SMILES string of the molecule is CCOc1ccccc1NC(=O)CSc1nccc(N2CCN(c3ccccc3)CC2)n1. The van der Waals surface area contributed by atoms with Gasteiger partial charge in [-0.15, -0.1) is 0 Å². The van der Waals surface area contributed by atoms with Crippen molar-refractivity contribution in [3.63, 3.8) is 0 Å². The number of aromatic nitrogens is 2. The highest BCUT2D eigenvalue weighted by Crippen LogP contribution is 2.25. The monoisotopic (exact) mass is 449 g/mol. The number of amides is 1. The van der Waals surface area contributed by atoms with Crippen molar-refractivity contribution in [3.8, 4) is 5.75 Å². The predicted octanol–water partition coefficient (Wildman–Crippen LogP) is 3.93. The van der Waals surface area contributed by atoms with Crippen molar-refractivity contribution < 1.29 is 9.53 Å². The molecule has 1 aliphatic heterocycles. The van der Waals surface area contributed by atoms with Gasteiger partial charge in [0.15, 0.2) is 5.16 Å². The summed E-state index contributed by atoms with van der Waals surface area (Å²) < 4.78 is 5.56. The van der Waals surface area contributed by atoms with E-state index in [1.54, 1.807) is 6.20 Å². The molecule has 0 aliphatic carbocycles. The minimum atomic E-state index is -0.118. The maximum absolute atomic E-state index is 12.4. The number of hydrogen-bond donors (Lipinski definition) is 1. The predicted molar refractivity (Wildman–Crippen MR) is 130 cm³/mol. The van der Waals surface area contributed by atoms with E-state index >= 15 is 0 Å². The lowest BCUT2D eigenvalue weighted by Gasteiger charge is -2.36. The van der Waals surface area contributed by atoms with Gasteiger partial charge in [0.2, 0.25) is 5.91 Å². The number of carbonyl (C=O) groups excluding carboxylic acids is 1. The number of ether oxygens (including phenoxy) is 1. The number of para-hydroxylation sites is 3. The molecule has 8 heteroatoms. The second-order valence-corrected chi connectivity index (χ2v) is 8.22. The molecular weight excluding hydrogens is 422 g/mol. The summed E-state index contributed by atoms with van der Waals surface area (Å²) in [4.78, 5) is 26.1. The molecule has 2 heterocycles. The standard InChI is InChI=1S/C24H27N5O2S/c1-2-31-21-11-7-6-10-20(21)26-23(30)18-32-24-25-13-12-22(27-24)29-16-14-28(15-17-29)19-8-4-3-5-9-19/h3-13H,2,14-18H2,1H3,(H,26,30). The highest BCUT2D eigenvalue weighted by Gasteiger charge is 2.19. The Hall–Kier alpha value is -3.26. The normalized spacial score (nSPS) is 13.7. The van der Waals surface area contributed by atoms with Crippen LogP contribution in [0.3, 0.4) is 0 Å². The third-order valence-corrected chi connectivity index (χ3v) is 6.00. The summed E-state index contributed by atoms with van der Waals surface area (Å²) in [6.45, 7) is 6.13. The molecule has 3 aromatic rings. The third-order valence-electron chi connectivity index (χ3n) is 5.14.